The molecule has 1 amide bonds. The number of hydrogen-bond acceptors (Lipinski definition) is 7. The van der Waals surface area contributed by atoms with Crippen LogP contribution >= 0.6 is 11.3 Å². The Kier molecular flexibility index (Phi) is 4.57. The smallest absolute Gasteiger partial charge is 0.273 e. The Morgan fingerprint density at radius 1 is 1.27 bits per heavy atom. The van der Waals surface area contributed by atoms with E-state index in [9.17, 15) is 4.79 Å². The molecule has 1 fully saturated rings. The summed E-state index contributed by atoms with van der Waals surface area (Å²) < 4.78 is 0. The maximum atomic E-state index is 12.8. The summed E-state index contributed by atoms with van der Waals surface area (Å²) >= 11 is 1.42. The Bertz CT molecular complexity index is 914. The number of hydrogen-bond donors (Lipinski definition) is 1. The summed E-state index contributed by atoms with van der Waals surface area (Å²) in [4.78, 5) is 32.2. The highest BCUT2D eigenvalue weighted by Crippen LogP contribution is 2.35. The molecule has 0 aromatic carbocycles. The number of carbonyl (C=O) groups excluding carboxylic acids is 1. The lowest BCUT2D eigenvalue weighted by Gasteiger charge is -2.24. The van der Waals surface area contributed by atoms with E-state index in [0.717, 1.165) is 24.2 Å². The lowest BCUT2D eigenvalue weighted by atomic mass is 10.1. The van der Waals surface area contributed by atoms with Crippen LogP contribution in [-0.4, -0.2) is 37.3 Å². The quantitative estimate of drug-likeness (QED) is 0.762. The van der Waals surface area contributed by atoms with Crippen LogP contribution in [0.2, 0.25) is 0 Å². The minimum absolute atomic E-state index is 0.0565. The summed E-state index contributed by atoms with van der Waals surface area (Å²) in [7, 11) is 0. The average molecular weight is 366 g/mol. The van der Waals surface area contributed by atoms with Crippen molar-refractivity contribution >= 4 is 28.9 Å². The third-order valence-electron chi connectivity index (χ3n) is 4.34. The second-order valence-electron chi connectivity index (χ2n) is 6.11. The molecule has 0 radical (unpaired) electrons. The minimum atomic E-state index is -0.120. The Morgan fingerprint density at radius 2 is 2.15 bits per heavy atom. The van der Waals surface area contributed by atoms with E-state index in [1.54, 1.807) is 23.3 Å². The van der Waals surface area contributed by atoms with Gasteiger partial charge in [-0.2, -0.15) is 0 Å². The topological polar surface area (TPSA) is 83.9 Å². The fourth-order valence-corrected chi connectivity index (χ4v) is 3.71. The third-order valence-corrected chi connectivity index (χ3v) is 4.93. The standard InChI is InChI=1S/C18H18N6OS/c1-12-4-2-6-15(22-12)23-17-16(19-7-8-20-17)14-5-3-9-24(14)18(25)13-10-26-11-21-13/h2,4,6-8,10-11,14H,3,5,9H2,1H3,(H,20,22,23)/t14-/m1/s1. The number of likely N-dealkylation sites (tertiary alicyclic amines) is 1. The Morgan fingerprint density at radius 3 is 2.96 bits per heavy atom. The minimum Gasteiger partial charge on any atom is -0.329 e. The van der Waals surface area contributed by atoms with Gasteiger partial charge in [-0.25, -0.2) is 15.0 Å². The number of pyridine rings is 1. The van der Waals surface area contributed by atoms with Crippen molar-refractivity contribution in [1.29, 1.82) is 0 Å². The maximum Gasteiger partial charge on any atom is 0.273 e. The normalized spacial score (nSPS) is 16.7. The number of amides is 1. The molecular formula is C18H18N6OS. The van der Waals surface area contributed by atoms with Gasteiger partial charge in [-0.05, 0) is 31.9 Å². The van der Waals surface area contributed by atoms with E-state index in [4.69, 9.17) is 0 Å². The Hall–Kier alpha value is -2.87. The van der Waals surface area contributed by atoms with Crippen molar-refractivity contribution in [1.82, 2.24) is 24.8 Å². The van der Waals surface area contributed by atoms with Crippen LogP contribution in [0.3, 0.4) is 0 Å². The zero-order valence-corrected chi connectivity index (χ0v) is 15.1. The van der Waals surface area contributed by atoms with Gasteiger partial charge in [0, 0.05) is 30.0 Å². The molecular weight excluding hydrogens is 348 g/mol. The molecule has 1 atom stereocenters. The van der Waals surface area contributed by atoms with E-state index in [1.165, 1.54) is 11.3 Å². The van der Waals surface area contributed by atoms with Crippen molar-refractivity contribution < 1.29 is 4.79 Å². The number of thiazole rings is 1. The number of nitrogens with one attached hydrogen (secondary N) is 1. The molecule has 8 heteroatoms. The zero-order valence-electron chi connectivity index (χ0n) is 14.3. The van der Waals surface area contributed by atoms with Crippen LogP contribution in [0.5, 0.6) is 0 Å². The number of nitrogens with zero attached hydrogens (tertiary/aromatic N) is 5. The molecule has 0 aliphatic carbocycles. The second kappa shape index (κ2) is 7.17. The summed E-state index contributed by atoms with van der Waals surface area (Å²) in [6.45, 7) is 2.63. The first-order chi connectivity index (χ1) is 12.7. The van der Waals surface area contributed by atoms with E-state index >= 15 is 0 Å². The molecule has 4 rings (SSSR count). The highest BCUT2D eigenvalue weighted by atomic mass is 32.1. The highest BCUT2D eigenvalue weighted by Gasteiger charge is 2.34. The van der Waals surface area contributed by atoms with Gasteiger partial charge in [0.2, 0.25) is 0 Å². The van der Waals surface area contributed by atoms with Gasteiger partial charge in [0.15, 0.2) is 5.82 Å². The maximum absolute atomic E-state index is 12.8. The van der Waals surface area contributed by atoms with E-state index in [0.29, 0.717) is 23.9 Å². The number of anilines is 2. The van der Waals surface area contributed by atoms with Crippen LogP contribution in [0.25, 0.3) is 0 Å². The summed E-state index contributed by atoms with van der Waals surface area (Å²) in [5.74, 6) is 1.29. The van der Waals surface area contributed by atoms with Gasteiger partial charge >= 0.3 is 0 Å². The van der Waals surface area contributed by atoms with E-state index < -0.39 is 0 Å². The van der Waals surface area contributed by atoms with Gasteiger partial charge in [-0.3, -0.25) is 9.78 Å². The van der Waals surface area contributed by atoms with Crippen LogP contribution in [0, 0.1) is 6.92 Å². The predicted molar refractivity (Wildman–Crippen MR) is 99.4 cm³/mol. The fourth-order valence-electron chi connectivity index (χ4n) is 3.18. The lowest BCUT2D eigenvalue weighted by molar-refractivity contribution is 0.0728. The van der Waals surface area contributed by atoms with Gasteiger partial charge in [0.1, 0.15) is 17.2 Å². The summed E-state index contributed by atoms with van der Waals surface area (Å²) in [5, 5.41) is 5.03. The van der Waals surface area contributed by atoms with Crippen molar-refractivity contribution in [3.8, 4) is 0 Å². The molecule has 3 aromatic heterocycles. The fraction of sp³-hybridized carbons (Fsp3) is 0.278. The number of aromatic nitrogens is 4. The van der Waals surface area contributed by atoms with E-state index in [1.807, 2.05) is 30.0 Å². The van der Waals surface area contributed by atoms with E-state index in [-0.39, 0.29) is 11.9 Å². The van der Waals surface area contributed by atoms with Crippen LogP contribution < -0.4 is 5.32 Å². The number of aryl methyl sites for hydroxylation is 1. The third kappa shape index (κ3) is 3.28. The molecule has 0 spiro atoms. The van der Waals surface area contributed by atoms with E-state index in [2.05, 4.69) is 25.3 Å². The predicted octanol–water partition coefficient (Wildman–Crippen LogP) is 3.36. The van der Waals surface area contributed by atoms with Crippen LogP contribution in [0.4, 0.5) is 11.6 Å². The summed E-state index contributed by atoms with van der Waals surface area (Å²) in [6, 6.07) is 5.64. The lowest BCUT2D eigenvalue weighted by Crippen LogP contribution is -2.31. The van der Waals surface area contributed by atoms with Crippen molar-refractivity contribution in [2.24, 2.45) is 0 Å². The molecule has 1 aliphatic rings. The van der Waals surface area contributed by atoms with Crippen molar-refractivity contribution in [2.75, 3.05) is 11.9 Å². The van der Waals surface area contributed by atoms with Gasteiger partial charge in [-0.1, -0.05) is 6.07 Å². The molecule has 0 bridgehead atoms. The van der Waals surface area contributed by atoms with Gasteiger partial charge in [0.25, 0.3) is 5.91 Å². The number of carbonyl (C=O) groups is 1. The first-order valence-corrected chi connectivity index (χ1v) is 9.37. The SMILES string of the molecule is Cc1cccc(Nc2nccnc2[C@H]2CCCN2C(=O)c2cscn2)n1. The Balaban J connectivity index is 1.64. The van der Waals surface area contributed by atoms with Crippen LogP contribution in [0.15, 0.2) is 41.5 Å². The van der Waals surface area contributed by atoms with Gasteiger partial charge in [0.05, 0.1) is 11.6 Å². The monoisotopic (exact) mass is 366 g/mol. The molecule has 0 unspecified atom stereocenters. The van der Waals surface area contributed by atoms with Gasteiger partial charge in [-0.15, -0.1) is 11.3 Å². The Labute approximate surface area is 155 Å². The van der Waals surface area contributed by atoms with Crippen molar-refractivity contribution in [3.63, 3.8) is 0 Å². The molecule has 0 saturated carbocycles. The molecule has 1 saturated heterocycles. The molecule has 132 valence electrons. The number of rotatable bonds is 4. The first-order valence-electron chi connectivity index (χ1n) is 8.43. The van der Waals surface area contributed by atoms with Gasteiger partial charge < -0.3 is 10.2 Å². The van der Waals surface area contributed by atoms with Crippen LogP contribution in [0.1, 0.15) is 40.8 Å². The summed E-state index contributed by atoms with van der Waals surface area (Å²) in [5.41, 5.74) is 3.84. The van der Waals surface area contributed by atoms with Crippen molar-refractivity contribution in [3.05, 3.63) is 58.6 Å². The molecule has 1 N–H and O–H groups in total. The average Bonchev–Trinajstić information content (AvgIpc) is 3.34. The summed E-state index contributed by atoms with van der Waals surface area (Å²) in [6.07, 6.45) is 5.08. The largest absolute Gasteiger partial charge is 0.329 e. The first kappa shape index (κ1) is 16.6. The van der Waals surface area contributed by atoms with Crippen molar-refractivity contribution in [2.45, 2.75) is 25.8 Å². The van der Waals surface area contributed by atoms with Crippen LogP contribution in [-0.2, 0) is 0 Å². The molecule has 3 aromatic rings. The molecule has 1 aliphatic heterocycles. The molecule has 7 nitrogen and oxygen atoms in total. The zero-order chi connectivity index (χ0) is 17.9. The highest BCUT2D eigenvalue weighted by molar-refractivity contribution is 7.07. The second-order valence-corrected chi connectivity index (χ2v) is 6.83. The molecule has 26 heavy (non-hydrogen) atoms. The molecule has 4 heterocycles.